The molecule has 0 unspecified atom stereocenters. The molecule has 1 aromatic heterocycles. The summed E-state index contributed by atoms with van der Waals surface area (Å²) < 4.78 is 19.8. The van der Waals surface area contributed by atoms with Crippen molar-refractivity contribution < 1.29 is 14.2 Å². The van der Waals surface area contributed by atoms with E-state index in [2.05, 4.69) is 4.98 Å². The molecule has 4 rings (SSSR count). The number of benzene rings is 1. The van der Waals surface area contributed by atoms with E-state index in [1.807, 2.05) is 37.3 Å². The zero-order valence-electron chi connectivity index (χ0n) is 14.6. The van der Waals surface area contributed by atoms with E-state index in [0.29, 0.717) is 13.2 Å². The molecule has 0 saturated carbocycles. The van der Waals surface area contributed by atoms with Crippen molar-refractivity contribution >= 4 is 0 Å². The summed E-state index contributed by atoms with van der Waals surface area (Å²) in [7, 11) is 0. The van der Waals surface area contributed by atoms with Gasteiger partial charge in [0.25, 0.3) is 5.56 Å². The standard InChI is InChI=1S/C19H22N2O5/c1-2-14-16(24-12-13-6-4-3-5-7-13)19(9-11-25-19)17(26-14)21-10-8-15(22)20-18(21)23/h3-8,10,14,16-17H,2,9,11-12H2,1H3,(H,20,22,23)/t14-,16-,17-,19-/m1/s1. The molecule has 1 N–H and O–H groups in total. The van der Waals surface area contributed by atoms with Crippen LogP contribution in [-0.4, -0.2) is 34.0 Å². The Labute approximate surface area is 150 Å². The lowest BCUT2D eigenvalue weighted by atomic mass is 9.85. The Balaban J connectivity index is 1.63. The van der Waals surface area contributed by atoms with Crippen molar-refractivity contribution in [3.05, 3.63) is 69.0 Å². The van der Waals surface area contributed by atoms with Crippen molar-refractivity contribution in [1.29, 1.82) is 0 Å². The quantitative estimate of drug-likeness (QED) is 0.878. The third-order valence-corrected chi connectivity index (χ3v) is 5.18. The van der Waals surface area contributed by atoms with Crippen molar-refractivity contribution in [1.82, 2.24) is 9.55 Å². The first kappa shape index (κ1) is 17.2. The van der Waals surface area contributed by atoms with Gasteiger partial charge in [0.15, 0.2) is 6.23 Å². The summed E-state index contributed by atoms with van der Waals surface area (Å²) in [5.41, 5.74) is -0.577. The number of rotatable bonds is 5. The highest BCUT2D eigenvalue weighted by molar-refractivity contribution is 5.14. The second-order valence-corrected chi connectivity index (χ2v) is 6.72. The van der Waals surface area contributed by atoms with Gasteiger partial charge in [-0.1, -0.05) is 37.3 Å². The van der Waals surface area contributed by atoms with Crippen LogP contribution in [0.1, 0.15) is 31.6 Å². The predicted molar refractivity (Wildman–Crippen MR) is 93.8 cm³/mol. The van der Waals surface area contributed by atoms with E-state index in [-0.39, 0.29) is 12.2 Å². The molecule has 2 aromatic rings. The van der Waals surface area contributed by atoms with Gasteiger partial charge in [-0.15, -0.1) is 0 Å². The van der Waals surface area contributed by atoms with Crippen LogP contribution in [0.3, 0.4) is 0 Å². The lowest BCUT2D eigenvalue weighted by Gasteiger charge is -2.45. The smallest absolute Gasteiger partial charge is 0.330 e. The van der Waals surface area contributed by atoms with Gasteiger partial charge in [0.05, 0.1) is 19.3 Å². The molecule has 7 nitrogen and oxygen atoms in total. The SMILES string of the molecule is CC[C@H]1O[C@@H](n2ccc(=O)[nH]c2=O)[C@@]2(CCO2)[C@@H]1OCc1ccccc1. The number of hydrogen-bond acceptors (Lipinski definition) is 5. The molecule has 0 bridgehead atoms. The lowest BCUT2D eigenvalue weighted by molar-refractivity contribution is -0.236. The molecular weight excluding hydrogens is 336 g/mol. The molecule has 2 aliphatic heterocycles. The van der Waals surface area contributed by atoms with Crippen LogP contribution in [0.5, 0.6) is 0 Å². The van der Waals surface area contributed by atoms with Crippen LogP contribution in [0.25, 0.3) is 0 Å². The Morgan fingerprint density at radius 2 is 2.04 bits per heavy atom. The number of ether oxygens (including phenoxy) is 3. The maximum atomic E-state index is 12.3. The summed E-state index contributed by atoms with van der Waals surface area (Å²) in [6, 6.07) is 11.2. The summed E-state index contributed by atoms with van der Waals surface area (Å²) in [5, 5.41) is 0. The zero-order chi connectivity index (χ0) is 18.1. The molecule has 2 saturated heterocycles. The van der Waals surface area contributed by atoms with E-state index in [4.69, 9.17) is 14.2 Å². The van der Waals surface area contributed by atoms with Gasteiger partial charge in [-0.3, -0.25) is 14.3 Å². The number of aromatic amines is 1. The molecule has 2 aliphatic rings. The maximum absolute atomic E-state index is 12.3. The average Bonchev–Trinajstić information content (AvgIpc) is 2.95. The molecule has 0 radical (unpaired) electrons. The fourth-order valence-electron chi connectivity index (χ4n) is 3.80. The Bertz CT molecular complexity index is 871. The van der Waals surface area contributed by atoms with Crippen LogP contribution in [0, 0.1) is 0 Å². The summed E-state index contributed by atoms with van der Waals surface area (Å²) in [6.07, 6.45) is 1.83. The van der Waals surface area contributed by atoms with E-state index in [9.17, 15) is 9.59 Å². The highest BCUT2D eigenvalue weighted by Crippen LogP contribution is 2.50. The van der Waals surface area contributed by atoms with Crippen LogP contribution in [0.4, 0.5) is 0 Å². The number of nitrogens with one attached hydrogen (secondary N) is 1. The molecule has 0 amide bonds. The third-order valence-electron chi connectivity index (χ3n) is 5.18. The minimum Gasteiger partial charge on any atom is -0.368 e. The van der Waals surface area contributed by atoms with Crippen molar-refractivity contribution in [3.63, 3.8) is 0 Å². The van der Waals surface area contributed by atoms with E-state index in [1.165, 1.54) is 16.8 Å². The second-order valence-electron chi connectivity index (χ2n) is 6.72. The van der Waals surface area contributed by atoms with Crippen molar-refractivity contribution in [2.75, 3.05) is 6.61 Å². The summed E-state index contributed by atoms with van der Waals surface area (Å²) in [5.74, 6) is 0. The van der Waals surface area contributed by atoms with Crippen LogP contribution in [0.15, 0.2) is 52.2 Å². The predicted octanol–water partition coefficient (Wildman–Crippen LogP) is 1.59. The third kappa shape index (κ3) is 2.82. The molecule has 3 heterocycles. The Hall–Kier alpha value is -2.22. The molecule has 2 fully saturated rings. The fourth-order valence-corrected chi connectivity index (χ4v) is 3.80. The molecule has 138 valence electrons. The van der Waals surface area contributed by atoms with E-state index in [1.54, 1.807) is 0 Å². The second kappa shape index (κ2) is 6.83. The highest BCUT2D eigenvalue weighted by Gasteiger charge is 2.62. The Kier molecular flexibility index (Phi) is 4.52. The van der Waals surface area contributed by atoms with Crippen molar-refractivity contribution in [2.45, 2.75) is 50.4 Å². The first-order chi connectivity index (χ1) is 12.6. The summed E-state index contributed by atoms with van der Waals surface area (Å²) >= 11 is 0. The lowest BCUT2D eigenvalue weighted by Crippen LogP contribution is -2.58. The number of aromatic nitrogens is 2. The van der Waals surface area contributed by atoms with Crippen LogP contribution in [0.2, 0.25) is 0 Å². The van der Waals surface area contributed by atoms with Gasteiger partial charge in [-0.25, -0.2) is 4.79 Å². The van der Waals surface area contributed by atoms with E-state index in [0.717, 1.165) is 18.4 Å². The number of hydrogen-bond donors (Lipinski definition) is 1. The average molecular weight is 358 g/mol. The van der Waals surface area contributed by atoms with Gasteiger partial charge >= 0.3 is 5.69 Å². The zero-order valence-corrected chi connectivity index (χ0v) is 14.6. The number of H-pyrrole nitrogens is 1. The highest BCUT2D eigenvalue weighted by atomic mass is 16.6. The first-order valence-corrected chi connectivity index (χ1v) is 8.90. The van der Waals surface area contributed by atoms with Gasteiger partial charge in [0, 0.05) is 18.7 Å². The van der Waals surface area contributed by atoms with Crippen molar-refractivity contribution in [3.8, 4) is 0 Å². The van der Waals surface area contributed by atoms with Gasteiger partial charge < -0.3 is 14.2 Å². The van der Waals surface area contributed by atoms with Crippen LogP contribution >= 0.6 is 0 Å². The molecule has 4 atom stereocenters. The Morgan fingerprint density at radius 3 is 2.65 bits per heavy atom. The van der Waals surface area contributed by atoms with Gasteiger partial charge in [0.1, 0.15) is 11.7 Å². The molecule has 7 heteroatoms. The molecule has 1 spiro atoms. The minimum atomic E-state index is -0.711. The van der Waals surface area contributed by atoms with Gasteiger partial charge in [0.2, 0.25) is 0 Å². The molecule has 26 heavy (non-hydrogen) atoms. The van der Waals surface area contributed by atoms with Crippen LogP contribution in [-0.2, 0) is 20.8 Å². The summed E-state index contributed by atoms with van der Waals surface area (Å²) in [4.78, 5) is 25.9. The Morgan fingerprint density at radius 1 is 1.27 bits per heavy atom. The summed E-state index contributed by atoms with van der Waals surface area (Å²) in [6.45, 7) is 3.07. The van der Waals surface area contributed by atoms with Gasteiger partial charge in [-0.2, -0.15) is 0 Å². The minimum absolute atomic E-state index is 0.192. The maximum Gasteiger partial charge on any atom is 0.330 e. The van der Waals surface area contributed by atoms with Crippen molar-refractivity contribution in [2.24, 2.45) is 0 Å². The molecule has 1 aromatic carbocycles. The first-order valence-electron chi connectivity index (χ1n) is 8.90. The normalized spacial score (nSPS) is 30.4. The van der Waals surface area contributed by atoms with E-state index >= 15 is 0 Å². The number of nitrogens with zero attached hydrogens (tertiary/aromatic N) is 1. The van der Waals surface area contributed by atoms with Gasteiger partial charge in [-0.05, 0) is 12.0 Å². The topological polar surface area (TPSA) is 82.6 Å². The molecule has 0 aliphatic carbocycles. The van der Waals surface area contributed by atoms with Crippen LogP contribution < -0.4 is 11.2 Å². The fraction of sp³-hybridized carbons (Fsp3) is 0.474. The largest absolute Gasteiger partial charge is 0.368 e. The van der Waals surface area contributed by atoms with E-state index < -0.39 is 23.1 Å². The monoisotopic (exact) mass is 358 g/mol. The molecular formula is C19H22N2O5.